The number of nitrogens with two attached hydrogens (primary N) is 1. The van der Waals surface area contributed by atoms with Gasteiger partial charge in [-0.1, -0.05) is 6.07 Å². The summed E-state index contributed by atoms with van der Waals surface area (Å²) < 4.78 is 54.9. The van der Waals surface area contributed by atoms with E-state index in [9.17, 15) is 17.6 Å². The van der Waals surface area contributed by atoms with Gasteiger partial charge in [-0.3, -0.25) is 0 Å². The van der Waals surface area contributed by atoms with Crippen LogP contribution in [0.2, 0.25) is 0 Å². The molecule has 1 saturated heterocycles. The second-order valence-electron chi connectivity index (χ2n) is 3.84. The Hall–Kier alpha value is -1.14. The van der Waals surface area contributed by atoms with Gasteiger partial charge >= 0.3 is 6.18 Å². The predicted molar refractivity (Wildman–Crippen MR) is 48.1 cm³/mol. The highest BCUT2D eigenvalue weighted by molar-refractivity contribution is 5.32. The van der Waals surface area contributed by atoms with E-state index in [1.54, 1.807) is 0 Å². The Morgan fingerprint density at radius 3 is 2.25 bits per heavy atom. The zero-order valence-electron chi connectivity index (χ0n) is 8.14. The number of ether oxygens (including phenoxy) is 1. The lowest BCUT2D eigenvalue weighted by molar-refractivity contribution is -0.140. The third-order valence-corrected chi connectivity index (χ3v) is 2.57. The van der Waals surface area contributed by atoms with E-state index in [1.165, 1.54) is 6.07 Å². The zero-order valence-corrected chi connectivity index (χ0v) is 8.14. The molecule has 0 amide bonds. The molecule has 16 heavy (non-hydrogen) atoms. The average molecular weight is 235 g/mol. The van der Waals surface area contributed by atoms with Gasteiger partial charge in [-0.15, -0.1) is 0 Å². The first-order valence-electron chi connectivity index (χ1n) is 4.57. The summed E-state index contributed by atoms with van der Waals surface area (Å²) in [5, 5.41) is 0. The van der Waals surface area contributed by atoms with E-state index in [0.717, 1.165) is 6.07 Å². The number of benzene rings is 1. The predicted octanol–water partition coefficient (Wildman–Crippen LogP) is 2.03. The summed E-state index contributed by atoms with van der Waals surface area (Å²) in [5.74, 6) is -1.30. The topological polar surface area (TPSA) is 35.2 Å². The van der Waals surface area contributed by atoms with Gasteiger partial charge in [-0.05, 0) is 17.7 Å². The minimum absolute atomic E-state index is 0.192. The van der Waals surface area contributed by atoms with Crippen molar-refractivity contribution in [2.24, 2.45) is 5.73 Å². The van der Waals surface area contributed by atoms with Crippen molar-refractivity contribution in [2.75, 3.05) is 13.2 Å². The maximum absolute atomic E-state index is 13.2. The van der Waals surface area contributed by atoms with Crippen molar-refractivity contribution in [1.29, 1.82) is 0 Å². The van der Waals surface area contributed by atoms with E-state index in [0.29, 0.717) is 11.6 Å². The molecule has 0 atom stereocenters. The van der Waals surface area contributed by atoms with Gasteiger partial charge in [0, 0.05) is 0 Å². The van der Waals surface area contributed by atoms with Crippen molar-refractivity contribution in [1.82, 2.24) is 0 Å². The normalized spacial score (nSPS) is 19.3. The van der Waals surface area contributed by atoms with Crippen molar-refractivity contribution < 1.29 is 22.3 Å². The lowest BCUT2D eigenvalue weighted by Gasteiger charge is -2.38. The Morgan fingerprint density at radius 2 is 1.88 bits per heavy atom. The van der Waals surface area contributed by atoms with Crippen molar-refractivity contribution in [3.63, 3.8) is 0 Å². The van der Waals surface area contributed by atoms with Crippen LogP contribution < -0.4 is 5.73 Å². The van der Waals surface area contributed by atoms with Gasteiger partial charge in [-0.25, -0.2) is 4.39 Å². The molecule has 2 N–H and O–H groups in total. The molecular formula is C10H9F4NO. The highest BCUT2D eigenvalue weighted by Gasteiger charge is 2.39. The summed E-state index contributed by atoms with van der Waals surface area (Å²) >= 11 is 0. The number of halogens is 4. The van der Waals surface area contributed by atoms with Crippen LogP contribution in [-0.2, 0) is 16.5 Å². The molecule has 0 radical (unpaired) electrons. The summed E-state index contributed by atoms with van der Waals surface area (Å²) in [6.07, 6.45) is -4.68. The van der Waals surface area contributed by atoms with Crippen LogP contribution >= 0.6 is 0 Å². The highest BCUT2D eigenvalue weighted by atomic mass is 19.4. The van der Waals surface area contributed by atoms with E-state index in [4.69, 9.17) is 10.5 Å². The number of rotatable bonds is 1. The summed E-state index contributed by atoms with van der Waals surface area (Å²) in [4.78, 5) is 0. The van der Waals surface area contributed by atoms with Crippen LogP contribution in [0.15, 0.2) is 18.2 Å². The van der Waals surface area contributed by atoms with E-state index in [-0.39, 0.29) is 13.2 Å². The highest BCUT2D eigenvalue weighted by Crippen LogP contribution is 2.34. The summed E-state index contributed by atoms with van der Waals surface area (Å²) in [6.45, 7) is 0.385. The molecule has 2 nitrogen and oxygen atoms in total. The number of alkyl halides is 3. The quantitative estimate of drug-likeness (QED) is 0.756. The second-order valence-corrected chi connectivity index (χ2v) is 3.84. The molecule has 0 saturated carbocycles. The molecule has 1 fully saturated rings. The zero-order chi connectivity index (χ0) is 12.0. The molecule has 88 valence electrons. The van der Waals surface area contributed by atoms with E-state index < -0.39 is 23.1 Å². The van der Waals surface area contributed by atoms with Crippen LogP contribution in [0.3, 0.4) is 0 Å². The maximum Gasteiger partial charge on any atom is 0.419 e. The van der Waals surface area contributed by atoms with Gasteiger partial charge in [0.05, 0.1) is 24.3 Å². The number of hydrogen-bond acceptors (Lipinski definition) is 2. The Kier molecular flexibility index (Phi) is 2.43. The monoisotopic (exact) mass is 235 g/mol. The maximum atomic E-state index is 13.2. The van der Waals surface area contributed by atoms with Crippen molar-refractivity contribution in [3.8, 4) is 0 Å². The lowest BCUT2D eigenvalue weighted by atomic mass is 9.88. The van der Waals surface area contributed by atoms with Gasteiger partial charge < -0.3 is 10.5 Å². The van der Waals surface area contributed by atoms with Crippen LogP contribution in [-0.4, -0.2) is 13.2 Å². The van der Waals surface area contributed by atoms with Crippen molar-refractivity contribution in [3.05, 3.63) is 35.1 Å². The minimum atomic E-state index is -4.68. The van der Waals surface area contributed by atoms with Crippen LogP contribution in [0.5, 0.6) is 0 Å². The molecule has 0 aromatic heterocycles. The summed E-state index contributed by atoms with van der Waals surface area (Å²) in [7, 11) is 0. The van der Waals surface area contributed by atoms with Gasteiger partial charge in [0.2, 0.25) is 0 Å². The van der Waals surface area contributed by atoms with E-state index in [2.05, 4.69) is 0 Å². The third kappa shape index (κ3) is 1.78. The Balaban J connectivity index is 2.37. The van der Waals surface area contributed by atoms with E-state index in [1.807, 2.05) is 0 Å². The van der Waals surface area contributed by atoms with Crippen molar-refractivity contribution in [2.45, 2.75) is 11.7 Å². The van der Waals surface area contributed by atoms with Gasteiger partial charge in [-0.2, -0.15) is 13.2 Å². The molecule has 1 aliphatic rings. The second kappa shape index (κ2) is 3.43. The Morgan fingerprint density at radius 1 is 1.25 bits per heavy atom. The minimum Gasteiger partial charge on any atom is -0.377 e. The first-order valence-corrected chi connectivity index (χ1v) is 4.57. The summed E-state index contributed by atoms with van der Waals surface area (Å²) in [5.41, 5.74) is 3.97. The van der Waals surface area contributed by atoms with Crippen LogP contribution in [0.25, 0.3) is 0 Å². The molecule has 1 aliphatic heterocycles. The molecule has 0 unspecified atom stereocenters. The summed E-state index contributed by atoms with van der Waals surface area (Å²) in [6, 6.07) is 2.72. The Bertz CT molecular complexity index is 412. The molecule has 6 heteroatoms. The van der Waals surface area contributed by atoms with Gasteiger partial charge in [0.1, 0.15) is 5.82 Å². The van der Waals surface area contributed by atoms with E-state index >= 15 is 0 Å². The fraction of sp³-hybridized carbons (Fsp3) is 0.400. The van der Waals surface area contributed by atoms with Crippen LogP contribution in [0.1, 0.15) is 11.1 Å². The average Bonchev–Trinajstić information content (AvgIpc) is 2.12. The fourth-order valence-corrected chi connectivity index (χ4v) is 1.54. The molecule has 0 bridgehead atoms. The van der Waals surface area contributed by atoms with Crippen LogP contribution in [0, 0.1) is 5.82 Å². The van der Waals surface area contributed by atoms with Crippen LogP contribution in [0.4, 0.5) is 17.6 Å². The molecule has 2 rings (SSSR count). The van der Waals surface area contributed by atoms with Gasteiger partial charge in [0.15, 0.2) is 0 Å². The molecule has 0 aliphatic carbocycles. The fourth-order valence-electron chi connectivity index (χ4n) is 1.54. The first kappa shape index (κ1) is 11.3. The van der Waals surface area contributed by atoms with Gasteiger partial charge in [0.25, 0.3) is 0 Å². The standard InChI is InChI=1S/C10H9F4NO/c11-8-3-6(9(15)4-16-5-9)1-2-7(8)10(12,13)14/h1-3H,4-5,15H2. The molecule has 1 aromatic rings. The molecule has 0 spiro atoms. The lowest BCUT2D eigenvalue weighted by Crippen LogP contribution is -2.54. The van der Waals surface area contributed by atoms with Crippen molar-refractivity contribution >= 4 is 0 Å². The Labute approximate surface area is 89.0 Å². The first-order chi connectivity index (χ1) is 7.33. The number of hydrogen-bond donors (Lipinski definition) is 1. The molecular weight excluding hydrogens is 226 g/mol. The smallest absolute Gasteiger partial charge is 0.377 e. The third-order valence-electron chi connectivity index (χ3n) is 2.57. The SMILES string of the molecule is NC1(c2ccc(C(F)(F)F)c(F)c2)COC1. The largest absolute Gasteiger partial charge is 0.419 e. The molecule has 1 heterocycles. The molecule has 1 aromatic carbocycles.